The first-order valence-electron chi connectivity index (χ1n) is 13.4. The molecule has 7 nitrogen and oxygen atoms in total. The Bertz CT molecular complexity index is 1020. The van der Waals surface area contributed by atoms with Gasteiger partial charge in [-0.25, -0.2) is 0 Å². The summed E-state index contributed by atoms with van der Waals surface area (Å²) in [5.74, 6) is 0.737. The number of carbonyl (C=O) groups is 2. The molecule has 7 heteroatoms. The van der Waals surface area contributed by atoms with Crippen LogP contribution in [0.1, 0.15) is 87.4 Å². The summed E-state index contributed by atoms with van der Waals surface area (Å²) in [4.78, 5) is 32.0. The summed E-state index contributed by atoms with van der Waals surface area (Å²) in [6, 6.07) is 4.03. The highest BCUT2D eigenvalue weighted by Gasteiger charge is 2.48. The number of nitrogens with one attached hydrogen (secondary N) is 1. The first-order valence-corrected chi connectivity index (χ1v) is 13.4. The van der Waals surface area contributed by atoms with Gasteiger partial charge in [0.15, 0.2) is 5.58 Å². The SMILES string of the molecule is Cc1cc2c(cc3n2C[C@@](C)(C(=O)NC2CCCCCC2)N(CCN2CCCCCC2)C3=O)o1. The number of aryl methyl sites for hydroxylation is 1. The summed E-state index contributed by atoms with van der Waals surface area (Å²) in [5.41, 5.74) is 1.33. The molecule has 0 radical (unpaired) electrons. The molecule has 3 aliphatic rings. The molecule has 0 bridgehead atoms. The quantitative estimate of drug-likeness (QED) is 0.657. The van der Waals surface area contributed by atoms with Gasteiger partial charge in [-0.3, -0.25) is 9.59 Å². The van der Waals surface area contributed by atoms with Gasteiger partial charge < -0.3 is 24.1 Å². The zero-order valence-electron chi connectivity index (χ0n) is 20.9. The van der Waals surface area contributed by atoms with Gasteiger partial charge in [0.2, 0.25) is 5.91 Å². The number of fused-ring (bicyclic) bond motifs is 3. The van der Waals surface area contributed by atoms with Crippen LogP contribution in [0.4, 0.5) is 0 Å². The molecular weight excluding hydrogens is 428 g/mol. The second-order valence-electron chi connectivity index (χ2n) is 10.9. The van der Waals surface area contributed by atoms with Crippen LogP contribution in [0.2, 0.25) is 0 Å². The third-order valence-electron chi connectivity index (χ3n) is 8.26. The topological polar surface area (TPSA) is 70.7 Å². The minimum Gasteiger partial charge on any atom is -0.460 e. The summed E-state index contributed by atoms with van der Waals surface area (Å²) in [6.45, 7) is 7.87. The fraction of sp³-hybridized carbons (Fsp3) is 0.704. The molecule has 1 saturated carbocycles. The van der Waals surface area contributed by atoms with E-state index in [9.17, 15) is 9.59 Å². The molecule has 2 aromatic heterocycles. The van der Waals surface area contributed by atoms with Crippen LogP contribution in [-0.4, -0.2) is 63.9 Å². The van der Waals surface area contributed by atoms with E-state index >= 15 is 0 Å². The third-order valence-corrected chi connectivity index (χ3v) is 8.26. The zero-order valence-corrected chi connectivity index (χ0v) is 20.9. The minimum absolute atomic E-state index is 0.0173. The molecule has 0 spiro atoms. The van der Waals surface area contributed by atoms with Crippen LogP contribution in [0.25, 0.3) is 11.1 Å². The van der Waals surface area contributed by atoms with E-state index in [0.717, 1.165) is 62.2 Å². The largest absolute Gasteiger partial charge is 0.460 e. The number of hydrogen-bond acceptors (Lipinski definition) is 4. The van der Waals surface area contributed by atoms with Crippen molar-refractivity contribution < 1.29 is 14.0 Å². The monoisotopic (exact) mass is 468 g/mol. The Labute approximate surface area is 202 Å². The van der Waals surface area contributed by atoms with E-state index in [-0.39, 0.29) is 17.9 Å². The van der Waals surface area contributed by atoms with Crippen LogP contribution in [0, 0.1) is 6.92 Å². The van der Waals surface area contributed by atoms with Gasteiger partial charge in [-0.15, -0.1) is 0 Å². The summed E-state index contributed by atoms with van der Waals surface area (Å²) >= 11 is 0. The fourth-order valence-electron chi connectivity index (χ4n) is 6.18. The van der Waals surface area contributed by atoms with Crippen molar-refractivity contribution in [3.05, 3.63) is 23.6 Å². The Morgan fingerprint density at radius 1 is 1.03 bits per heavy atom. The molecule has 2 aliphatic heterocycles. The van der Waals surface area contributed by atoms with E-state index in [1.807, 2.05) is 35.4 Å². The van der Waals surface area contributed by atoms with Gasteiger partial charge in [-0.05, 0) is 52.6 Å². The predicted molar refractivity (Wildman–Crippen MR) is 133 cm³/mol. The number of amides is 2. The third kappa shape index (κ3) is 4.51. The molecule has 1 N–H and O–H groups in total. The second-order valence-corrected chi connectivity index (χ2v) is 10.9. The maximum absolute atomic E-state index is 13.9. The van der Waals surface area contributed by atoms with Crippen molar-refractivity contribution >= 4 is 22.9 Å². The Morgan fingerprint density at radius 2 is 1.71 bits per heavy atom. The predicted octanol–water partition coefficient (Wildman–Crippen LogP) is 4.47. The van der Waals surface area contributed by atoms with Gasteiger partial charge in [-0.2, -0.15) is 0 Å². The number of carbonyl (C=O) groups excluding carboxylic acids is 2. The normalized spacial score (nSPS) is 25.2. The first kappa shape index (κ1) is 23.5. The van der Waals surface area contributed by atoms with Gasteiger partial charge >= 0.3 is 0 Å². The lowest BCUT2D eigenvalue weighted by atomic mass is 9.93. The van der Waals surface area contributed by atoms with Gasteiger partial charge in [0.1, 0.15) is 17.0 Å². The van der Waals surface area contributed by atoms with Crippen molar-refractivity contribution in [1.29, 1.82) is 0 Å². The lowest BCUT2D eigenvalue weighted by Gasteiger charge is -2.45. The number of furan rings is 1. The van der Waals surface area contributed by atoms with Crippen molar-refractivity contribution in [2.24, 2.45) is 0 Å². The highest BCUT2D eigenvalue weighted by atomic mass is 16.3. The maximum atomic E-state index is 13.9. The molecule has 0 unspecified atom stereocenters. The van der Waals surface area contributed by atoms with E-state index in [2.05, 4.69) is 10.2 Å². The zero-order chi connectivity index (χ0) is 23.7. The number of nitrogens with zero attached hydrogens (tertiary/aromatic N) is 3. The van der Waals surface area contributed by atoms with Crippen LogP contribution < -0.4 is 5.32 Å². The van der Waals surface area contributed by atoms with Crippen LogP contribution in [0.3, 0.4) is 0 Å². The first-order chi connectivity index (χ1) is 16.5. The average molecular weight is 469 g/mol. The van der Waals surface area contributed by atoms with Crippen molar-refractivity contribution in [1.82, 2.24) is 19.7 Å². The Kier molecular flexibility index (Phi) is 6.74. The molecule has 1 saturated heterocycles. The van der Waals surface area contributed by atoms with Gasteiger partial charge in [0, 0.05) is 31.3 Å². The van der Waals surface area contributed by atoms with Crippen molar-refractivity contribution in [3.8, 4) is 0 Å². The Balaban J connectivity index is 1.43. The number of likely N-dealkylation sites (tertiary alicyclic amines) is 1. The highest BCUT2D eigenvalue weighted by molar-refractivity contribution is 6.03. The summed E-state index contributed by atoms with van der Waals surface area (Å²) in [7, 11) is 0. The molecule has 5 rings (SSSR count). The minimum atomic E-state index is -0.931. The number of aromatic nitrogens is 1. The average Bonchev–Trinajstić information content (AvgIpc) is 3.08. The summed E-state index contributed by atoms with van der Waals surface area (Å²) in [5, 5.41) is 3.36. The molecule has 34 heavy (non-hydrogen) atoms. The Morgan fingerprint density at radius 3 is 2.41 bits per heavy atom. The molecule has 4 heterocycles. The molecule has 1 atom stereocenters. The van der Waals surface area contributed by atoms with Crippen LogP contribution in [-0.2, 0) is 11.3 Å². The van der Waals surface area contributed by atoms with Crippen LogP contribution in [0.15, 0.2) is 16.5 Å². The van der Waals surface area contributed by atoms with E-state index in [1.54, 1.807) is 0 Å². The molecular formula is C27H40N4O3. The highest BCUT2D eigenvalue weighted by Crippen LogP contribution is 2.34. The van der Waals surface area contributed by atoms with Crippen LogP contribution in [0.5, 0.6) is 0 Å². The van der Waals surface area contributed by atoms with E-state index < -0.39 is 5.54 Å². The van der Waals surface area contributed by atoms with Gasteiger partial charge in [0.05, 0.1) is 12.1 Å². The van der Waals surface area contributed by atoms with Crippen LogP contribution >= 0.6 is 0 Å². The van der Waals surface area contributed by atoms with Crippen molar-refractivity contribution in [3.63, 3.8) is 0 Å². The van der Waals surface area contributed by atoms with Gasteiger partial charge in [0.25, 0.3) is 5.91 Å². The van der Waals surface area contributed by atoms with E-state index in [0.29, 0.717) is 18.8 Å². The molecule has 2 amide bonds. The molecule has 2 fully saturated rings. The molecule has 0 aromatic carbocycles. The van der Waals surface area contributed by atoms with E-state index in [4.69, 9.17) is 4.42 Å². The van der Waals surface area contributed by atoms with Crippen molar-refractivity contribution in [2.45, 2.75) is 96.2 Å². The van der Waals surface area contributed by atoms with E-state index in [1.165, 1.54) is 38.5 Å². The van der Waals surface area contributed by atoms with Gasteiger partial charge in [-0.1, -0.05) is 38.5 Å². The standard InChI is InChI=1S/C27H40N4O3/c1-20-17-22-24(34-20)18-23-25(32)31(16-15-29-13-9-5-6-10-14-29)27(2,19-30(22)23)26(33)28-21-11-7-3-4-8-12-21/h17-18,21H,3-16,19H2,1-2H3,(H,28,33)/t27-/m0/s1. The van der Waals surface area contributed by atoms with Crippen molar-refractivity contribution in [2.75, 3.05) is 26.2 Å². The maximum Gasteiger partial charge on any atom is 0.271 e. The fourth-order valence-corrected chi connectivity index (χ4v) is 6.18. The molecule has 186 valence electrons. The summed E-state index contributed by atoms with van der Waals surface area (Å²) in [6.07, 6.45) is 11.9. The number of rotatable bonds is 5. The smallest absolute Gasteiger partial charge is 0.271 e. The number of hydrogen-bond donors (Lipinski definition) is 1. The molecule has 1 aliphatic carbocycles. The lowest BCUT2D eigenvalue weighted by Crippen LogP contribution is -2.65. The second kappa shape index (κ2) is 9.76. The summed E-state index contributed by atoms with van der Waals surface area (Å²) < 4.78 is 7.84. The Hall–Kier alpha value is -2.28. The molecule has 2 aromatic rings. The lowest BCUT2D eigenvalue weighted by molar-refractivity contribution is -0.133.